The van der Waals surface area contributed by atoms with Crippen molar-refractivity contribution in [1.29, 1.82) is 0 Å². The number of allylic oxidation sites excluding steroid dienone is 2. The fraction of sp³-hybridized carbons (Fsp3) is 0.633. The van der Waals surface area contributed by atoms with Gasteiger partial charge in [0.05, 0.1) is 18.2 Å². The molecule has 0 aliphatic rings. The number of hydrogen-bond donors (Lipinski definition) is 8. The smallest absolute Gasteiger partial charge is 0.322 e. The average molecular weight is 644 g/mol. The summed E-state index contributed by atoms with van der Waals surface area (Å²) in [7, 11) is 0. The number of carbonyl (C=O) groups excluding carboxylic acids is 2. The van der Waals surface area contributed by atoms with E-state index in [0.29, 0.717) is 12.8 Å². The van der Waals surface area contributed by atoms with Gasteiger partial charge < -0.3 is 41.9 Å². The standard InChI is InChI=1S/C30H49N3O10S/c1-2-3-4-5-6-10-13-24(35)25(17-15-21(34)12-9-7-8-11-14-26(36)37)44-20-23(30(43)32-19-28(40)41)33-29(42)22(31)16-18-27(38)39/h6-7,9-10,15,17,21-25,34-35H,2-5,8,11-14,16,18-20,31H2,1H3,(H,32,43)(H,33,42)(H,36,37)(H,38,39)(H,40,41)/b9-7+,10-6+,17-15+/t21?,22-,23-,24?,25?/m0/s1. The third-order valence-electron chi connectivity index (χ3n) is 6.23. The second kappa shape index (κ2) is 25.2. The maximum Gasteiger partial charge on any atom is 0.322 e. The van der Waals surface area contributed by atoms with Crippen molar-refractivity contribution < 1.29 is 49.5 Å². The van der Waals surface area contributed by atoms with E-state index in [1.54, 1.807) is 18.2 Å². The average Bonchev–Trinajstić information content (AvgIpc) is 2.96. The van der Waals surface area contributed by atoms with E-state index in [1.165, 1.54) is 6.08 Å². The largest absolute Gasteiger partial charge is 0.481 e. The molecule has 0 spiro atoms. The van der Waals surface area contributed by atoms with Crippen molar-refractivity contribution >= 4 is 41.5 Å². The minimum absolute atomic E-state index is 0.0562. The summed E-state index contributed by atoms with van der Waals surface area (Å²) in [6.07, 6.45) is 13.9. The Bertz CT molecular complexity index is 973. The molecule has 0 aromatic heterocycles. The molecule has 13 nitrogen and oxygen atoms in total. The van der Waals surface area contributed by atoms with Gasteiger partial charge in [0.1, 0.15) is 12.6 Å². The highest BCUT2D eigenvalue weighted by molar-refractivity contribution is 8.00. The maximum atomic E-state index is 12.7. The molecule has 5 atom stereocenters. The highest BCUT2D eigenvalue weighted by atomic mass is 32.2. The number of unbranched alkanes of at least 4 members (excludes halogenated alkanes) is 4. The molecule has 44 heavy (non-hydrogen) atoms. The zero-order valence-corrected chi connectivity index (χ0v) is 26.1. The molecule has 250 valence electrons. The SMILES string of the molecule is CCCCC/C=C/CC(O)C(/C=C/C(O)C/C=C/CCCC(=O)O)SC[C@H](NC(=O)[C@@H](N)CCC(=O)O)C(=O)NCC(=O)O. The minimum atomic E-state index is -1.29. The summed E-state index contributed by atoms with van der Waals surface area (Å²) >= 11 is 1.11. The summed E-state index contributed by atoms with van der Waals surface area (Å²) < 4.78 is 0. The van der Waals surface area contributed by atoms with Crippen molar-refractivity contribution in [3.05, 3.63) is 36.5 Å². The van der Waals surface area contributed by atoms with Gasteiger partial charge in [0, 0.05) is 23.8 Å². The molecule has 3 unspecified atom stereocenters. The molecule has 0 aromatic rings. The number of nitrogens with one attached hydrogen (secondary N) is 2. The highest BCUT2D eigenvalue weighted by Gasteiger charge is 2.27. The van der Waals surface area contributed by atoms with E-state index in [-0.39, 0.29) is 37.9 Å². The third-order valence-corrected chi connectivity index (χ3v) is 7.62. The second-order valence-corrected chi connectivity index (χ2v) is 11.4. The van der Waals surface area contributed by atoms with Crippen LogP contribution in [-0.2, 0) is 24.0 Å². The van der Waals surface area contributed by atoms with Crippen LogP contribution < -0.4 is 16.4 Å². The molecule has 0 aliphatic heterocycles. The fourth-order valence-corrected chi connectivity index (χ4v) is 4.89. The maximum absolute atomic E-state index is 12.7. The van der Waals surface area contributed by atoms with Gasteiger partial charge in [0.15, 0.2) is 0 Å². The van der Waals surface area contributed by atoms with Crippen LogP contribution in [0.25, 0.3) is 0 Å². The van der Waals surface area contributed by atoms with Gasteiger partial charge in [-0.05, 0) is 44.9 Å². The second-order valence-electron chi connectivity index (χ2n) is 10.2. The number of carboxylic acids is 3. The van der Waals surface area contributed by atoms with Crippen molar-refractivity contribution in [2.75, 3.05) is 12.3 Å². The number of nitrogens with two attached hydrogens (primary N) is 1. The number of aliphatic carboxylic acids is 3. The zero-order chi connectivity index (χ0) is 33.3. The Morgan fingerprint density at radius 1 is 0.795 bits per heavy atom. The lowest BCUT2D eigenvalue weighted by Gasteiger charge is -2.24. The molecular weight excluding hydrogens is 594 g/mol. The molecule has 14 heteroatoms. The van der Waals surface area contributed by atoms with Crippen LogP contribution in [0.1, 0.15) is 77.6 Å². The summed E-state index contributed by atoms with van der Waals surface area (Å²) in [5.41, 5.74) is 5.77. The first-order valence-corrected chi connectivity index (χ1v) is 15.9. The lowest BCUT2D eigenvalue weighted by Crippen LogP contribution is -2.53. The Morgan fingerprint density at radius 3 is 2.05 bits per heavy atom. The molecule has 0 bridgehead atoms. The number of thioether (sulfide) groups is 1. The first kappa shape index (κ1) is 40.8. The number of carboxylic acid groups (broad SMARTS) is 3. The van der Waals surface area contributed by atoms with E-state index in [0.717, 1.165) is 37.4 Å². The van der Waals surface area contributed by atoms with E-state index in [9.17, 15) is 34.2 Å². The van der Waals surface area contributed by atoms with Crippen LogP contribution in [0.3, 0.4) is 0 Å². The molecule has 0 saturated heterocycles. The summed E-state index contributed by atoms with van der Waals surface area (Å²) in [4.78, 5) is 57.7. The van der Waals surface area contributed by atoms with Gasteiger partial charge in [0.2, 0.25) is 11.8 Å². The zero-order valence-electron chi connectivity index (χ0n) is 25.3. The monoisotopic (exact) mass is 643 g/mol. The predicted molar refractivity (Wildman–Crippen MR) is 168 cm³/mol. The summed E-state index contributed by atoms with van der Waals surface area (Å²) in [6.45, 7) is 1.42. The van der Waals surface area contributed by atoms with Crippen molar-refractivity contribution in [1.82, 2.24) is 10.6 Å². The molecule has 0 fully saturated rings. The van der Waals surface area contributed by atoms with Crippen molar-refractivity contribution in [2.45, 2.75) is 107 Å². The van der Waals surface area contributed by atoms with Gasteiger partial charge in [-0.1, -0.05) is 56.2 Å². The van der Waals surface area contributed by atoms with Crippen LogP contribution in [0.4, 0.5) is 0 Å². The van der Waals surface area contributed by atoms with Crippen LogP contribution in [0.2, 0.25) is 0 Å². The third kappa shape index (κ3) is 22.4. The lowest BCUT2D eigenvalue weighted by atomic mass is 10.1. The first-order valence-electron chi connectivity index (χ1n) is 14.8. The van der Waals surface area contributed by atoms with E-state index in [4.69, 9.17) is 21.1 Å². The quantitative estimate of drug-likeness (QED) is 0.0499. The molecule has 0 heterocycles. The summed E-state index contributed by atoms with van der Waals surface area (Å²) in [5.74, 6) is -4.97. The molecule has 0 saturated carbocycles. The number of rotatable bonds is 26. The number of carbonyl (C=O) groups is 5. The Morgan fingerprint density at radius 2 is 1.43 bits per heavy atom. The van der Waals surface area contributed by atoms with Crippen molar-refractivity contribution in [2.24, 2.45) is 5.73 Å². The van der Waals surface area contributed by atoms with Crippen molar-refractivity contribution in [3.63, 3.8) is 0 Å². The molecular formula is C30H49N3O10S. The Labute approximate surface area is 263 Å². The topological polar surface area (TPSA) is 237 Å². The molecule has 0 aliphatic carbocycles. The number of amides is 2. The van der Waals surface area contributed by atoms with Gasteiger partial charge in [-0.15, -0.1) is 11.8 Å². The van der Waals surface area contributed by atoms with E-state index < -0.39 is 65.8 Å². The van der Waals surface area contributed by atoms with Crippen LogP contribution in [0.15, 0.2) is 36.5 Å². The van der Waals surface area contributed by atoms with Gasteiger partial charge in [-0.3, -0.25) is 24.0 Å². The molecule has 0 radical (unpaired) electrons. The van der Waals surface area contributed by atoms with Crippen LogP contribution in [-0.4, -0.2) is 97.1 Å². The fourth-order valence-electron chi connectivity index (χ4n) is 3.70. The van der Waals surface area contributed by atoms with Crippen LogP contribution in [0.5, 0.6) is 0 Å². The van der Waals surface area contributed by atoms with E-state index in [1.807, 2.05) is 12.2 Å². The first-order chi connectivity index (χ1) is 20.9. The number of aliphatic hydroxyl groups excluding tert-OH is 2. The van der Waals surface area contributed by atoms with Gasteiger partial charge in [-0.2, -0.15) is 0 Å². The van der Waals surface area contributed by atoms with E-state index in [2.05, 4.69) is 17.6 Å². The van der Waals surface area contributed by atoms with Gasteiger partial charge in [-0.25, -0.2) is 0 Å². The summed E-state index contributed by atoms with van der Waals surface area (Å²) in [6, 6.07) is -2.45. The minimum Gasteiger partial charge on any atom is -0.481 e. The van der Waals surface area contributed by atoms with Crippen LogP contribution >= 0.6 is 11.8 Å². The predicted octanol–water partition coefficient (Wildman–Crippen LogP) is 1.97. The molecule has 9 N–H and O–H groups in total. The number of aliphatic hydroxyl groups is 2. The molecule has 0 rings (SSSR count). The lowest BCUT2D eigenvalue weighted by molar-refractivity contribution is -0.138. The Balaban J connectivity index is 5.59. The summed E-state index contributed by atoms with van der Waals surface area (Å²) in [5, 5.41) is 51.9. The normalized spacial score (nSPS) is 15.2. The van der Waals surface area contributed by atoms with Crippen LogP contribution in [0, 0.1) is 0 Å². The Kier molecular flexibility index (Phi) is 23.3. The van der Waals surface area contributed by atoms with Gasteiger partial charge in [0.25, 0.3) is 0 Å². The van der Waals surface area contributed by atoms with Gasteiger partial charge >= 0.3 is 17.9 Å². The Hall–Kier alpha value is -3.20. The highest BCUT2D eigenvalue weighted by Crippen LogP contribution is 2.21. The molecule has 2 amide bonds. The molecule has 0 aromatic carbocycles. The van der Waals surface area contributed by atoms with Crippen molar-refractivity contribution in [3.8, 4) is 0 Å². The number of hydrogen-bond acceptors (Lipinski definition) is 9. The van der Waals surface area contributed by atoms with E-state index >= 15 is 0 Å².